The molecule has 118 valence electrons. The van der Waals surface area contributed by atoms with E-state index in [9.17, 15) is 4.79 Å². The van der Waals surface area contributed by atoms with E-state index in [1.807, 2.05) is 36.2 Å². The van der Waals surface area contributed by atoms with E-state index in [0.29, 0.717) is 17.8 Å². The molecule has 0 unspecified atom stereocenters. The average Bonchev–Trinajstić information content (AvgIpc) is 2.53. The zero-order valence-electron chi connectivity index (χ0n) is 13.9. The lowest BCUT2D eigenvalue weighted by Crippen LogP contribution is -2.29. The Morgan fingerprint density at radius 2 is 2.13 bits per heavy atom. The van der Waals surface area contributed by atoms with Gasteiger partial charge in [-0.1, -0.05) is 31.4 Å². The Labute approximate surface area is 138 Å². The summed E-state index contributed by atoms with van der Waals surface area (Å²) in [7, 11) is 1.63. The van der Waals surface area contributed by atoms with Gasteiger partial charge in [-0.2, -0.15) is 0 Å². The van der Waals surface area contributed by atoms with E-state index in [0.717, 1.165) is 16.7 Å². The molecule has 0 bridgehead atoms. The highest BCUT2D eigenvalue weighted by molar-refractivity contribution is 5.98. The van der Waals surface area contributed by atoms with Gasteiger partial charge in [0.15, 0.2) is 0 Å². The molecule has 1 aliphatic rings. The molecule has 1 N–H and O–H groups in total. The van der Waals surface area contributed by atoms with Crippen molar-refractivity contribution in [3.05, 3.63) is 82.9 Å². The highest BCUT2D eigenvalue weighted by atomic mass is 16.1. The summed E-state index contributed by atoms with van der Waals surface area (Å²) in [6, 6.07) is 6.17. The van der Waals surface area contributed by atoms with Crippen molar-refractivity contribution in [2.75, 3.05) is 7.05 Å². The molecule has 3 heteroatoms. The van der Waals surface area contributed by atoms with Crippen molar-refractivity contribution >= 4 is 12.0 Å². The molecule has 1 heterocycles. The van der Waals surface area contributed by atoms with Crippen molar-refractivity contribution in [2.45, 2.75) is 20.4 Å². The van der Waals surface area contributed by atoms with Gasteiger partial charge in [-0.05, 0) is 48.3 Å². The van der Waals surface area contributed by atoms with E-state index in [1.165, 1.54) is 5.56 Å². The lowest BCUT2D eigenvalue weighted by atomic mass is 9.99. The van der Waals surface area contributed by atoms with E-state index < -0.39 is 0 Å². The number of amides is 1. The Kier molecular flexibility index (Phi) is 5.05. The predicted octanol–water partition coefficient (Wildman–Crippen LogP) is 3.70. The Morgan fingerprint density at radius 1 is 1.39 bits per heavy atom. The van der Waals surface area contributed by atoms with E-state index >= 15 is 0 Å². The summed E-state index contributed by atoms with van der Waals surface area (Å²) in [5, 5.41) is 2.66. The van der Waals surface area contributed by atoms with Crippen LogP contribution in [-0.4, -0.2) is 17.9 Å². The molecule has 0 atom stereocenters. The third-order valence-electron chi connectivity index (χ3n) is 3.86. The van der Waals surface area contributed by atoms with E-state index in [-0.39, 0.29) is 5.91 Å². The van der Waals surface area contributed by atoms with Crippen molar-refractivity contribution in [2.24, 2.45) is 0 Å². The lowest BCUT2D eigenvalue weighted by molar-refractivity contribution is -0.116. The third-order valence-corrected chi connectivity index (χ3v) is 3.86. The van der Waals surface area contributed by atoms with Crippen LogP contribution in [0.5, 0.6) is 0 Å². The Morgan fingerprint density at radius 3 is 2.78 bits per heavy atom. The first-order valence-corrected chi connectivity index (χ1v) is 7.50. The average molecular weight is 306 g/mol. The molecular weight excluding hydrogens is 284 g/mol. The van der Waals surface area contributed by atoms with Gasteiger partial charge in [0, 0.05) is 25.5 Å². The predicted molar refractivity (Wildman–Crippen MR) is 95.4 cm³/mol. The number of aryl methyl sites for hydroxylation is 1. The first kappa shape index (κ1) is 16.6. The van der Waals surface area contributed by atoms with Gasteiger partial charge >= 0.3 is 0 Å². The fourth-order valence-corrected chi connectivity index (χ4v) is 2.67. The molecule has 0 spiro atoms. The summed E-state index contributed by atoms with van der Waals surface area (Å²) in [5.41, 5.74) is 8.59. The molecule has 0 radical (unpaired) electrons. The lowest BCUT2D eigenvalue weighted by Gasteiger charge is -2.29. The fourth-order valence-electron chi connectivity index (χ4n) is 2.67. The van der Waals surface area contributed by atoms with Crippen LogP contribution in [0.4, 0.5) is 0 Å². The smallest absolute Gasteiger partial charge is 0.253 e. The van der Waals surface area contributed by atoms with Crippen LogP contribution in [0.25, 0.3) is 6.08 Å². The van der Waals surface area contributed by atoms with Crippen molar-refractivity contribution < 1.29 is 4.79 Å². The fraction of sp³-hybridized carbons (Fsp3) is 0.200. The number of hydrogen-bond acceptors (Lipinski definition) is 2. The first-order valence-electron chi connectivity index (χ1n) is 7.50. The highest BCUT2D eigenvalue weighted by Crippen LogP contribution is 2.26. The topological polar surface area (TPSA) is 32.3 Å². The standard InChI is InChI=1S/C20H22N2O/c1-6-8-18-15(3)9-7-10-17(18)13-22-12-14(2)11-19(16(22)4)20(23)21-5/h7-12H,1,4,13H2,2-3,5H3,(H,21,23). The van der Waals surface area contributed by atoms with Crippen molar-refractivity contribution in [3.63, 3.8) is 0 Å². The molecule has 0 saturated carbocycles. The number of likely N-dealkylation sites (N-methyl/N-ethyl adjacent to an activating group) is 1. The van der Waals surface area contributed by atoms with Gasteiger partial charge in [-0.3, -0.25) is 4.79 Å². The van der Waals surface area contributed by atoms with Crippen LogP contribution in [0.3, 0.4) is 0 Å². The van der Waals surface area contributed by atoms with Crippen LogP contribution in [0.15, 0.2) is 66.2 Å². The van der Waals surface area contributed by atoms with Gasteiger partial charge in [0.1, 0.15) is 0 Å². The number of allylic oxidation sites excluding steroid dienone is 2. The van der Waals surface area contributed by atoms with Gasteiger partial charge in [0.05, 0.1) is 5.57 Å². The van der Waals surface area contributed by atoms with Crippen molar-refractivity contribution in [1.82, 2.24) is 10.2 Å². The summed E-state index contributed by atoms with van der Waals surface area (Å²) in [6.07, 6.45) is 5.76. The normalized spacial score (nSPS) is 13.9. The SMILES string of the molecule is C=C=Cc1c(C)cccc1CN1C=C(C)C=C(C(=O)NC)C1=C. The van der Waals surface area contributed by atoms with Crippen molar-refractivity contribution in [3.8, 4) is 0 Å². The molecule has 0 aliphatic carbocycles. The van der Waals surface area contributed by atoms with Crippen molar-refractivity contribution in [1.29, 1.82) is 0 Å². The first-order chi connectivity index (χ1) is 11.0. The van der Waals surface area contributed by atoms with Crippen LogP contribution in [0.1, 0.15) is 23.6 Å². The van der Waals surface area contributed by atoms with Gasteiger partial charge < -0.3 is 10.2 Å². The van der Waals surface area contributed by atoms with Crippen LogP contribution >= 0.6 is 0 Å². The molecule has 1 aromatic rings. The molecule has 3 nitrogen and oxygen atoms in total. The number of hydrogen-bond donors (Lipinski definition) is 1. The van der Waals surface area contributed by atoms with E-state index in [1.54, 1.807) is 7.05 Å². The Balaban J connectivity index is 2.37. The molecule has 1 aliphatic heterocycles. The molecule has 23 heavy (non-hydrogen) atoms. The number of benzene rings is 1. The maximum atomic E-state index is 12.0. The zero-order valence-corrected chi connectivity index (χ0v) is 13.9. The summed E-state index contributed by atoms with van der Waals surface area (Å²) in [5.74, 6) is -0.122. The summed E-state index contributed by atoms with van der Waals surface area (Å²) in [6.45, 7) is 12.4. The van der Waals surface area contributed by atoms with Gasteiger partial charge in [-0.25, -0.2) is 0 Å². The van der Waals surface area contributed by atoms with Gasteiger partial charge in [0.2, 0.25) is 0 Å². The summed E-state index contributed by atoms with van der Waals surface area (Å²) < 4.78 is 0. The highest BCUT2D eigenvalue weighted by Gasteiger charge is 2.21. The van der Waals surface area contributed by atoms with Gasteiger partial charge in [-0.15, -0.1) is 5.73 Å². The molecule has 0 saturated heterocycles. The second-order valence-corrected chi connectivity index (χ2v) is 5.58. The van der Waals surface area contributed by atoms with Crippen LogP contribution in [-0.2, 0) is 11.3 Å². The minimum Gasteiger partial charge on any atom is -0.355 e. The Hall–Kier alpha value is -2.77. The minimum atomic E-state index is -0.122. The van der Waals surface area contributed by atoms with Crippen LogP contribution < -0.4 is 5.32 Å². The molecule has 0 aromatic heterocycles. The summed E-state index contributed by atoms with van der Waals surface area (Å²) >= 11 is 0. The monoisotopic (exact) mass is 306 g/mol. The number of carbonyl (C=O) groups is 1. The number of nitrogens with zero attached hydrogens (tertiary/aromatic N) is 1. The molecule has 2 rings (SSSR count). The molecule has 0 fully saturated rings. The van der Waals surface area contributed by atoms with E-state index in [2.05, 4.69) is 43.3 Å². The second-order valence-electron chi connectivity index (χ2n) is 5.58. The molecular formula is C20H22N2O. The molecule has 1 aromatic carbocycles. The maximum absolute atomic E-state index is 12.0. The third kappa shape index (κ3) is 3.53. The minimum absolute atomic E-state index is 0.122. The zero-order chi connectivity index (χ0) is 17.0. The molecule has 1 amide bonds. The quantitative estimate of drug-likeness (QED) is 0.860. The van der Waals surface area contributed by atoms with E-state index in [4.69, 9.17) is 0 Å². The number of rotatable bonds is 4. The maximum Gasteiger partial charge on any atom is 0.253 e. The largest absolute Gasteiger partial charge is 0.355 e. The Bertz CT molecular complexity index is 762. The number of nitrogens with one attached hydrogen (secondary N) is 1. The van der Waals surface area contributed by atoms with Gasteiger partial charge in [0.25, 0.3) is 5.91 Å². The second kappa shape index (κ2) is 6.99. The van der Waals surface area contributed by atoms with Crippen LogP contribution in [0, 0.1) is 6.92 Å². The summed E-state index contributed by atoms with van der Waals surface area (Å²) in [4.78, 5) is 14.0. The van der Waals surface area contributed by atoms with Crippen LogP contribution in [0.2, 0.25) is 0 Å². The number of carbonyl (C=O) groups excluding carboxylic acids is 1.